The van der Waals surface area contributed by atoms with E-state index in [2.05, 4.69) is 15.9 Å². The molecule has 1 saturated carbocycles. The number of rotatable bonds is 1. The summed E-state index contributed by atoms with van der Waals surface area (Å²) >= 11 is 3.24. The third-order valence-electron chi connectivity index (χ3n) is 3.04. The molecule has 0 aromatic heterocycles. The summed E-state index contributed by atoms with van der Waals surface area (Å²) in [5, 5.41) is 0. The zero-order chi connectivity index (χ0) is 11.1. The highest BCUT2D eigenvalue weighted by Gasteiger charge is 2.33. The second-order valence-corrected chi connectivity index (χ2v) is 4.96. The molecule has 0 atom stereocenters. The molecular formula is C11H12BrF2N. The average Bonchev–Trinajstić information content (AvgIpc) is 2.60. The van der Waals surface area contributed by atoms with Crippen molar-refractivity contribution in [3.8, 4) is 0 Å². The van der Waals surface area contributed by atoms with Crippen LogP contribution in [-0.4, -0.2) is 0 Å². The van der Waals surface area contributed by atoms with Crippen molar-refractivity contribution in [3.63, 3.8) is 0 Å². The number of hydrogen-bond donors (Lipinski definition) is 1. The van der Waals surface area contributed by atoms with Gasteiger partial charge in [-0.2, -0.15) is 0 Å². The summed E-state index contributed by atoms with van der Waals surface area (Å²) < 4.78 is 26.6. The Morgan fingerprint density at radius 2 is 1.67 bits per heavy atom. The molecule has 1 aromatic rings. The number of benzene rings is 1. The zero-order valence-corrected chi connectivity index (χ0v) is 9.78. The fourth-order valence-corrected chi connectivity index (χ4v) is 2.89. The Hall–Kier alpha value is -0.480. The molecular weight excluding hydrogens is 264 g/mol. The number of halogens is 3. The van der Waals surface area contributed by atoms with Gasteiger partial charge in [-0.1, -0.05) is 28.8 Å². The molecule has 1 aromatic carbocycles. The van der Waals surface area contributed by atoms with Crippen LogP contribution < -0.4 is 5.73 Å². The van der Waals surface area contributed by atoms with Crippen molar-refractivity contribution >= 4 is 15.9 Å². The van der Waals surface area contributed by atoms with Crippen molar-refractivity contribution in [1.82, 2.24) is 0 Å². The van der Waals surface area contributed by atoms with E-state index in [0.29, 0.717) is 10.0 Å². The van der Waals surface area contributed by atoms with E-state index in [1.807, 2.05) is 0 Å². The molecule has 1 fully saturated rings. The van der Waals surface area contributed by atoms with Gasteiger partial charge in [-0.3, -0.25) is 0 Å². The van der Waals surface area contributed by atoms with E-state index in [1.165, 1.54) is 6.07 Å². The molecule has 1 aliphatic rings. The Labute approximate surface area is 95.8 Å². The summed E-state index contributed by atoms with van der Waals surface area (Å²) in [5.74, 6) is -1.67. The molecule has 15 heavy (non-hydrogen) atoms. The van der Waals surface area contributed by atoms with Gasteiger partial charge in [-0.05, 0) is 30.5 Å². The van der Waals surface area contributed by atoms with Crippen LogP contribution in [0.3, 0.4) is 0 Å². The molecule has 0 amide bonds. The van der Waals surface area contributed by atoms with Crippen LogP contribution in [0.5, 0.6) is 0 Å². The van der Waals surface area contributed by atoms with Crippen LogP contribution in [0.1, 0.15) is 31.2 Å². The highest BCUT2D eigenvalue weighted by Crippen LogP contribution is 2.40. The topological polar surface area (TPSA) is 26.0 Å². The predicted molar refractivity (Wildman–Crippen MR) is 58.4 cm³/mol. The quantitative estimate of drug-likeness (QED) is 0.781. The highest BCUT2D eigenvalue weighted by atomic mass is 79.9. The monoisotopic (exact) mass is 275 g/mol. The van der Waals surface area contributed by atoms with Crippen molar-refractivity contribution in [2.75, 3.05) is 0 Å². The number of nitrogens with two attached hydrogens (primary N) is 1. The summed E-state index contributed by atoms with van der Waals surface area (Å²) in [5.41, 5.74) is 6.37. The van der Waals surface area contributed by atoms with Crippen LogP contribution in [0.25, 0.3) is 0 Å². The lowest BCUT2D eigenvalue weighted by atomic mass is 9.89. The lowest BCUT2D eigenvalue weighted by molar-refractivity contribution is 0.447. The van der Waals surface area contributed by atoms with Gasteiger partial charge in [0, 0.05) is 10.0 Å². The fraction of sp³-hybridized carbons (Fsp3) is 0.455. The van der Waals surface area contributed by atoms with E-state index in [0.717, 1.165) is 31.7 Å². The molecule has 2 rings (SSSR count). The van der Waals surface area contributed by atoms with Gasteiger partial charge in [0.2, 0.25) is 0 Å². The Morgan fingerprint density at radius 1 is 1.13 bits per heavy atom. The maximum Gasteiger partial charge on any atom is 0.159 e. The molecule has 1 nitrogen and oxygen atoms in total. The molecule has 0 aliphatic heterocycles. The van der Waals surface area contributed by atoms with E-state index in [1.54, 1.807) is 0 Å². The summed E-state index contributed by atoms with van der Waals surface area (Å²) in [4.78, 5) is 0. The Bertz CT molecular complexity index is 386. The maximum atomic E-state index is 13.1. The standard InChI is InChI=1S/C11H12BrF2N/c12-8-6-10(14)9(13)5-7(8)11(15)3-1-2-4-11/h5-6H,1-4,15H2. The van der Waals surface area contributed by atoms with Gasteiger partial charge in [-0.15, -0.1) is 0 Å². The van der Waals surface area contributed by atoms with Crippen LogP contribution in [-0.2, 0) is 5.54 Å². The first kappa shape index (κ1) is 11.0. The molecule has 0 unspecified atom stereocenters. The second-order valence-electron chi connectivity index (χ2n) is 4.11. The van der Waals surface area contributed by atoms with Gasteiger partial charge in [0.25, 0.3) is 0 Å². The third kappa shape index (κ3) is 1.93. The van der Waals surface area contributed by atoms with E-state index in [9.17, 15) is 8.78 Å². The lowest BCUT2D eigenvalue weighted by Crippen LogP contribution is -2.33. The number of hydrogen-bond acceptors (Lipinski definition) is 1. The summed E-state index contributed by atoms with van der Waals surface area (Å²) in [6, 6.07) is 2.36. The minimum atomic E-state index is -0.841. The first-order chi connectivity index (χ1) is 7.03. The molecule has 0 radical (unpaired) electrons. The molecule has 4 heteroatoms. The first-order valence-electron chi connectivity index (χ1n) is 4.97. The van der Waals surface area contributed by atoms with E-state index >= 15 is 0 Å². The summed E-state index contributed by atoms with van der Waals surface area (Å²) in [6.45, 7) is 0. The van der Waals surface area contributed by atoms with E-state index in [-0.39, 0.29) is 0 Å². The molecule has 1 aliphatic carbocycles. The normalized spacial score (nSPS) is 19.5. The van der Waals surface area contributed by atoms with Gasteiger partial charge in [0.05, 0.1) is 0 Å². The van der Waals surface area contributed by atoms with Crippen LogP contribution in [0, 0.1) is 11.6 Å². The second kappa shape index (κ2) is 3.83. The molecule has 0 bridgehead atoms. The first-order valence-corrected chi connectivity index (χ1v) is 5.76. The minimum absolute atomic E-state index is 0.493. The van der Waals surface area contributed by atoms with Crippen LogP contribution in [0.15, 0.2) is 16.6 Å². The largest absolute Gasteiger partial charge is 0.321 e. The van der Waals surface area contributed by atoms with Crippen LogP contribution in [0.4, 0.5) is 8.78 Å². The molecule has 82 valence electrons. The molecule has 0 saturated heterocycles. The Kier molecular flexibility index (Phi) is 2.81. The molecule has 0 spiro atoms. The van der Waals surface area contributed by atoms with Gasteiger partial charge < -0.3 is 5.73 Å². The van der Waals surface area contributed by atoms with Gasteiger partial charge >= 0.3 is 0 Å². The SMILES string of the molecule is NC1(c2cc(F)c(F)cc2Br)CCCC1. The highest BCUT2D eigenvalue weighted by molar-refractivity contribution is 9.10. The summed E-state index contributed by atoms with van der Waals surface area (Å²) in [7, 11) is 0. The predicted octanol–water partition coefficient (Wildman–Crippen LogP) is 3.46. The van der Waals surface area contributed by atoms with Crippen LogP contribution in [0.2, 0.25) is 0 Å². The summed E-state index contributed by atoms with van der Waals surface area (Å²) in [6.07, 6.45) is 3.75. The minimum Gasteiger partial charge on any atom is -0.321 e. The van der Waals surface area contributed by atoms with Crippen molar-refractivity contribution < 1.29 is 8.78 Å². The van der Waals surface area contributed by atoms with Crippen molar-refractivity contribution in [2.24, 2.45) is 5.73 Å². The van der Waals surface area contributed by atoms with E-state index in [4.69, 9.17) is 5.73 Å². The van der Waals surface area contributed by atoms with Crippen molar-refractivity contribution in [2.45, 2.75) is 31.2 Å². The van der Waals surface area contributed by atoms with Crippen LogP contribution >= 0.6 is 15.9 Å². The van der Waals surface area contributed by atoms with Gasteiger partial charge in [0.1, 0.15) is 0 Å². The zero-order valence-electron chi connectivity index (χ0n) is 8.19. The Balaban J connectivity index is 2.48. The molecule has 0 heterocycles. The lowest BCUT2D eigenvalue weighted by Gasteiger charge is -2.25. The molecule has 2 N–H and O–H groups in total. The van der Waals surface area contributed by atoms with Gasteiger partial charge in [0.15, 0.2) is 11.6 Å². The van der Waals surface area contributed by atoms with Crippen molar-refractivity contribution in [1.29, 1.82) is 0 Å². The smallest absolute Gasteiger partial charge is 0.159 e. The Morgan fingerprint density at radius 3 is 2.27 bits per heavy atom. The van der Waals surface area contributed by atoms with Gasteiger partial charge in [-0.25, -0.2) is 8.78 Å². The fourth-order valence-electron chi connectivity index (χ4n) is 2.18. The van der Waals surface area contributed by atoms with E-state index < -0.39 is 17.2 Å². The average molecular weight is 276 g/mol. The van der Waals surface area contributed by atoms with Crippen molar-refractivity contribution in [3.05, 3.63) is 33.8 Å². The third-order valence-corrected chi connectivity index (χ3v) is 3.70. The maximum absolute atomic E-state index is 13.1.